The summed E-state index contributed by atoms with van der Waals surface area (Å²) in [6, 6.07) is -0.650. The summed E-state index contributed by atoms with van der Waals surface area (Å²) in [7, 11) is 1.60. The molecule has 0 radical (unpaired) electrons. The first-order chi connectivity index (χ1) is 8.10. The highest BCUT2D eigenvalue weighted by molar-refractivity contribution is 5.84. The van der Waals surface area contributed by atoms with Crippen LogP contribution in [0, 0.1) is 18.3 Å². The predicted octanol–water partition coefficient (Wildman–Crippen LogP) is -0.678. The Morgan fingerprint density at radius 3 is 2.94 bits per heavy atom. The Kier molecular flexibility index (Phi) is 4.98. The van der Waals surface area contributed by atoms with Crippen molar-refractivity contribution in [2.24, 2.45) is 11.7 Å². The smallest absolute Gasteiger partial charge is 0.240 e. The van der Waals surface area contributed by atoms with E-state index in [4.69, 9.17) is 12.2 Å². The van der Waals surface area contributed by atoms with Crippen LogP contribution in [-0.2, 0) is 9.59 Å². The number of carbonyl (C=O) groups excluding carboxylic acids is 2. The first-order valence-corrected chi connectivity index (χ1v) is 5.79. The van der Waals surface area contributed by atoms with Crippen molar-refractivity contribution in [1.82, 2.24) is 10.2 Å². The fourth-order valence-corrected chi connectivity index (χ4v) is 2.04. The molecule has 1 fully saturated rings. The predicted molar refractivity (Wildman–Crippen MR) is 64.8 cm³/mol. The number of hydrogen-bond acceptors (Lipinski definition) is 3. The number of likely N-dealkylation sites (tertiary alicyclic amines) is 1. The van der Waals surface area contributed by atoms with Crippen LogP contribution >= 0.6 is 0 Å². The monoisotopic (exact) mass is 237 g/mol. The molecule has 1 heterocycles. The standard InChI is InChI=1S/C12H19N3O2/c1-3-5-10(13)12(17)15-7-4-6-9(8-15)11(16)14-2/h1,9-10H,4-8,13H2,2H3,(H,14,16). The number of nitrogens with one attached hydrogen (secondary N) is 1. The van der Waals surface area contributed by atoms with E-state index in [1.54, 1.807) is 11.9 Å². The second-order valence-electron chi connectivity index (χ2n) is 4.25. The number of hydrogen-bond donors (Lipinski definition) is 2. The molecular weight excluding hydrogens is 218 g/mol. The lowest BCUT2D eigenvalue weighted by Gasteiger charge is -2.33. The Balaban J connectivity index is 2.57. The molecule has 94 valence electrons. The van der Waals surface area contributed by atoms with Crippen molar-refractivity contribution in [1.29, 1.82) is 0 Å². The Hall–Kier alpha value is -1.54. The van der Waals surface area contributed by atoms with Crippen molar-refractivity contribution >= 4 is 11.8 Å². The molecular formula is C12H19N3O2. The molecule has 5 nitrogen and oxygen atoms in total. The van der Waals surface area contributed by atoms with Gasteiger partial charge in [0.15, 0.2) is 0 Å². The lowest BCUT2D eigenvalue weighted by atomic mass is 9.96. The summed E-state index contributed by atoms with van der Waals surface area (Å²) in [5.74, 6) is 2.08. The van der Waals surface area contributed by atoms with Gasteiger partial charge in [0.2, 0.25) is 11.8 Å². The van der Waals surface area contributed by atoms with Crippen LogP contribution < -0.4 is 11.1 Å². The summed E-state index contributed by atoms with van der Waals surface area (Å²) >= 11 is 0. The molecule has 1 saturated heterocycles. The van der Waals surface area contributed by atoms with Crippen LogP contribution in [0.25, 0.3) is 0 Å². The van der Waals surface area contributed by atoms with Gasteiger partial charge in [0, 0.05) is 26.6 Å². The van der Waals surface area contributed by atoms with Crippen LogP contribution in [0.2, 0.25) is 0 Å². The Labute approximate surface area is 102 Å². The van der Waals surface area contributed by atoms with Crippen LogP contribution in [0.4, 0.5) is 0 Å². The van der Waals surface area contributed by atoms with Crippen LogP contribution in [-0.4, -0.2) is 42.9 Å². The molecule has 0 aromatic rings. The average molecular weight is 237 g/mol. The Bertz CT molecular complexity index is 335. The molecule has 17 heavy (non-hydrogen) atoms. The number of carbonyl (C=O) groups is 2. The van der Waals surface area contributed by atoms with Gasteiger partial charge in [-0.15, -0.1) is 12.3 Å². The molecule has 2 unspecified atom stereocenters. The highest BCUT2D eigenvalue weighted by Gasteiger charge is 2.29. The quantitative estimate of drug-likeness (QED) is 0.639. The lowest BCUT2D eigenvalue weighted by molar-refractivity contribution is -0.136. The zero-order chi connectivity index (χ0) is 12.8. The molecule has 1 rings (SSSR count). The highest BCUT2D eigenvalue weighted by atomic mass is 16.2. The molecule has 0 aromatic heterocycles. The molecule has 1 aliphatic rings. The van der Waals surface area contributed by atoms with Crippen LogP contribution in [0.5, 0.6) is 0 Å². The topological polar surface area (TPSA) is 75.4 Å². The van der Waals surface area contributed by atoms with Crippen molar-refractivity contribution in [3.8, 4) is 12.3 Å². The molecule has 0 aromatic carbocycles. The summed E-state index contributed by atoms with van der Waals surface area (Å²) in [4.78, 5) is 25.1. The van der Waals surface area contributed by atoms with Crippen LogP contribution in [0.15, 0.2) is 0 Å². The summed E-state index contributed by atoms with van der Waals surface area (Å²) < 4.78 is 0. The normalized spacial score (nSPS) is 21.5. The van der Waals surface area contributed by atoms with Gasteiger partial charge in [-0.3, -0.25) is 9.59 Å². The van der Waals surface area contributed by atoms with Crippen LogP contribution in [0.3, 0.4) is 0 Å². The second-order valence-corrected chi connectivity index (χ2v) is 4.25. The Morgan fingerprint density at radius 1 is 1.65 bits per heavy atom. The average Bonchev–Trinajstić information content (AvgIpc) is 2.37. The summed E-state index contributed by atoms with van der Waals surface area (Å²) in [6.45, 7) is 1.10. The van der Waals surface area contributed by atoms with Gasteiger partial charge in [0.1, 0.15) is 0 Å². The third-order valence-electron chi connectivity index (χ3n) is 3.01. The molecule has 0 aliphatic carbocycles. The van der Waals surface area contributed by atoms with Gasteiger partial charge in [-0.2, -0.15) is 0 Å². The van der Waals surface area contributed by atoms with Crippen molar-refractivity contribution in [2.75, 3.05) is 20.1 Å². The van der Waals surface area contributed by atoms with Gasteiger partial charge in [-0.1, -0.05) is 0 Å². The number of nitrogens with two attached hydrogens (primary N) is 1. The van der Waals surface area contributed by atoms with Crippen molar-refractivity contribution in [3.63, 3.8) is 0 Å². The fourth-order valence-electron chi connectivity index (χ4n) is 2.04. The minimum absolute atomic E-state index is 0.0204. The number of nitrogens with zero attached hydrogens (tertiary/aromatic N) is 1. The van der Waals surface area contributed by atoms with E-state index < -0.39 is 6.04 Å². The number of piperidine rings is 1. The summed E-state index contributed by atoms with van der Waals surface area (Å²) in [6.07, 6.45) is 7.00. The van der Waals surface area contributed by atoms with E-state index in [1.807, 2.05) is 0 Å². The highest BCUT2D eigenvalue weighted by Crippen LogP contribution is 2.17. The maximum absolute atomic E-state index is 11.9. The molecule has 0 saturated carbocycles. The van der Waals surface area contributed by atoms with E-state index in [2.05, 4.69) is 11.2 Å². The molecule has 0 bridgehead atoms. The first-order valence-electron chi connectivity index (χ1n) is 5.79. The van der Waals surface area contributed by atoms with E-state index in [9.17, 15) is 9.59 Å². The third-order valence-corrected chi connectivity index (χ3v) is 3.01. The van der Waals surface area contributed by atoms with E-state index in [-0.39, 0.29) is 24.2 Å². The van der Waals surface area contributed by atoms with E-state index in [0.717, 1.165) is 12.8 Å². The zero-order valence-corrected chi connectivity index (χ0v) is 10.1. The van der Waals surface area contributed by atoms with Gasteiger partial charge in [-0.25, -0.2) is 0 Å². The van der Waals surface area contributed by atoms with Crippen molar-refractivity contribution in [3.05, 3.63) is 0 Å². The first kappa shape index (κ1) is 13.5. The van der Waals surface area contributed by atoms with Crippen molar-refractivity contribution in [2.45, 2.75) is 25.3 Å². The van der Waals surface area contributed by atoms with E-state index in [1.165, 1.54) is 0 Å². The molecule has 3 N–H and O–H groups in total. The van der Waals surface area contributed by atoms with Gasteiger partial charge in [0.05, 0.1) is 12.0 Å². The summed E-state index contributed by atoms with van der Waals surface area (Å²) in [5.41, 5.74) is 5.68. The number of rotatable bonds is 3. The molecule has 5 heteroatoms. The molecule has 2 amide bonds. The minimum Gasteiger partial charge on any atom is -0.359 e. The second kappa shape index (κ2) is 6.26. The SMILES string of the molecule is C#CCC(N)C(=O)N1CCCC(C(=O)NC)C1. The molecule has 0 spiro atoms. The van der Waals surface area contributed by atoms with Crippen molar-refractivity contribution < 1.29 is 9.59 Å². The molecule has 2 atom stereocenters. The zero-order valence-electron chi connectivity index (χ0n) is 10.1. The van der Waals surface area contributed by atoms with E-state index >= 15 is 0 Å². The van der Waals surface area contributed by atoms with Gasteiger partial charge < -0.3 is 16.0 Å². The minimum atomic E-state index is -0.650. The number of amides is 2. The number of terminal acetylenes is 1. The maximum Gasteiger partial charge on any atom is 0.240 e. The maximum atomic E-state index is 11.9. The fraction of sp³-hybridized carbons (Fsp3) is 0.667. The van der Waals surface area contributed by atoms with Gasteiger partial charge >= 0.3 is 0 Å². The lowest BCUT2D eigenvalue weighted by Crippen LogP contribution is -2.50. The van der Waals surface area contributed by atoms with Crippen LogP contribution in [0.1, 0.15) is 19.3 Å². The third kappa shape index (κ3) is 3.46. The van der Waals surface area contributed by atoms with Gasteiger partial charge in [-0.05, 0) is 12.8 Å². The van der Waals surface area contributed by atoms with Gasteiger partial charge in [0.25, 0.3) is 0 Å². The summed E-state index contributed by atoms with van der Waals surface area (Å²) in [5, 5.41) is 2.61. The molecule has 1 aliphatic heterocycles. The Morgan fingerprint density at radius 2 is 2.35 bits per heavy atom. The van der Waals surface area contributed by atoms with E-state index in [0.29, 0.717) is 13.1 Å². The largest absolute Gasteiger partial charge is 0.359 e.